The molecule has 5 nitrogen and oxygen atoms in total. The quantitative estimate of drug-likeness (QED) is 0.752. The molecule has 2 aromatic rings. The van der Waals surface area contributed by atoms with Crippen molar-refractivity contribution in [2.75, 3.05) is 0 Å². The van der Waals surface area contributed by atoms with E-state index in [2.05, 4.69) is 14.9 Å². The fourth-order valence-corrected chi connectivity index (χ4v) is 1.53. The summed E-state index contributed by atoms with van der Waals surface area (Å²) in [6.45, 7) is 1.09. The summed E-state index contributed by atoms with van der Waals surface area (Å²) in [5.41, 5.74) is -1.02. The zero-order valence-corrected chi connectivity index (χ0v) is 9.58. The first-order valence-corrected chi connectivity index (χ1v) is 4.96. The maximum atomic E-state index is 12.6. The van der Waals surface area contributed by atoms with Gasteiger partial charge in [-0.1, -0.05) is 16.7 Å². The minimum atomic E-state index is -4.57. The van der Waals surface area contributed by atoms with E-state index in [1.807, 2.05) is 0 Å². The predicted octanol–water partition coefficient (Wildman–Crippen LogP) is 2.33. The molecule has 9 heteroatoms. The minimum absolute atomic E-state index is 0.0269. The Morgan fingerprint density at radius 1 is 1.44 bits per heavy atom. The summed E-state index contributed by atoms with van der Waals surface area (Å²) < 4.78 is 43.2. The van der Waals surface area contributed by atoms with E-state index in [9.17, 15) is 18.0 Å². The number of ether oxygens (including phenoxy) is 1. The third-order valence-electron chi connectivity index (χ3n) is 1.99. The largest absolute Gasteiger partial charge is 0.417 e. The Morgan fingerprint density at radius 2 is 2.11 bits per heavy atom. The summed E-state index contributed by atoms with van der Waals surface area (Å²) in [7, 11) is 0. The summed E-state index contributed by atoms with van der Waals surface area (Å²) >= 11 is 5.65. The van der Waals surface area contributed by atoms with Crippen LogP contribution in [0.2, 0.25) is 5.02 Å². The van der Waals surface area contributed by atoms with Gasteiger partial charge >= 0.3 is 18.2 Å². The molecule has 2 heterocycles. The number of halogens is 4. The van der Waals surface area contributed by atoms with E-state index in [1.165, 1.54) is 0 Å². The van der Waals surface area contributed by atoms with E-state index in [0.717, 1.165) is 17.4 Å². The minimum Gasteiger partial charge on any atom is -0.391 e. The van der Waals surface area contributed by atoms with Gasteiger partial charge in [0.25, 0.3) is 0 Å². The SMILES string of the molecule is CC(=O)Oc1nnc2c(Cl)cc(C(F)(F)F)cn12. The maximum Gasteiger partial charge on any atom is 0.417 e. The third-order valence-corrected chi connectivity index (χ3v) is 2.27. The molecule has 0 saturated heterocycles. The predicted molar refractivity (Wildman–Crippen MR) is 54.3 cm³/mol. The Hall–Kier alpha value is -1.83. The summed E-state index contributed by atoms with van der Waals surface area (Å²) in [6, 6.07) is 0.355. The Morgan fingerprint density at radius 3 is 2.67 bits per heavy atom. The number of hydrogen-bond donors (Lipinski definition) is 0. The number of nitrogens with zero attached hydrogens (tertiary/aromatic N) is 3. The Bertz CT molecular complexity index is 623. The van der Waals surface area contributed by atoms with Crippen LogP contribution in [0.3, 0.4) is 0 Å². The molecular formula is C9H5ClF3N3O2. The van der Waals surface area contributed by atoms with Gasteiger partial charge in [0.05, 0.1) is 10.6 Å². The molecule has 0 amide bonds. The number of carbonyl (C=O) groups excluding carboxylic acids is 1. The first kappa shape index (κ1) is 12.6. The Labute approximate surface area is 103 Å². The highest BCUT2D eigenvalue weighted by Gasteiger charge is 2.32. The molecule has 0 aliphatic carbocycles. The van der Waals surface area contributed by atoms with Crippen LogP contribution in [0, 0.1) is 0 Å². The molecule has 2 rings (SSSR count). The van der Waals surface area contributed by atoms with Crippen LogP contribution in [-0.2, 0) is 11.0 Å². The molecule has 0 spiro atoms. The van der Waals surface area contributed by atoms with Crippen molar-refractivity contribution in [2.24, 2.45) is 0 Å². The molecule has 0 fully saturated rings. The van der Waals surface area contributed by atoms with Gasteiger partial charge in [0.1, 0.15) is 0 Å². The normalized spacial score (nSPS) is 11.8. The molecule has 0 aliphatic rings. The lowest BCUT2D eigenvalue weighted by molar-refractivity contribution is -0.137. The molecule has 2 aromatic heterocycles. The second kappa shape index (κ2) is 4.13. The van der Waals surface area contributed by atoms with Crippen molar-refractivity contribution in [1.82, 2.24) is 14.6 Å². The van der Waals surface area contributed by atoms with Crippen LogP contribution in [0.5, 0.6) is 6.01 Å². The van der Waals surface area contributed by atoms with E-state index >= 15 is 0 Å². The first-order chi connectivity index (χ1) is 8.29. The summed E-state index contributed by atoms with van der Waals surface area (Å²) in [5.74, 6) is -0.724. The fraction of sp³-hybridized carbons (Fsp3) is 0.222. The molecule has 0 radical (unpaired) electrons. The van der Waals surface area contributed by atoms with E-state index in [-0.39, 0.29) is 16.7 Å². The molecule has 0 unspecified atom stereocenters. The van der Waals surface area contributed by atoms with Crippen LogP contribution in [0.25, 0.3) is 5.65 Å². The molecule has 0 aromatic carbocycles. The topological polar surface area (TPSA) is 56.5 Å². The zero-order valence-electron chi connectivity index (χ0n) is 8.82. The second-order valence-electron chi connectivity index (χ2n) is 3.34. The van der Waals surface area contributed by atoms with Gasteiger partial charge in [0.2, 0.25) is 0 Å². The molecule has 0 N–H and O–H groups in total. The number of aromatic nitrogens is 3. The van der Waals surface area contributed by atoms with E-state index in [1.54, 1.807) is 0 Å². The fourth-order valence-electron chi connectivity index (χ4n) is 1.29. The average molecular weight is 280 g/mol. The van der Waals surface area contributed by atoms with Crippen LogP contribution < -0.4 is 4.74 Å². The molecule has 0 aliphatic heterocycles. The van der Waals surface area contributed by atoms with Gasteiger partial charge in [-0.05, 0) is 6.07 Å². The molecule has 0 atom stereocenters. The molecule has 0 bridgehead atoms. The zero-order chi connectivity index (χ0) is 13.5. The van der Waals surface area contributed by atoms with Gasteiger partial charge in [0, 0.05) is 13.1 Å². The average Bonchev–Trinajstić information content (AvgIpc) is 2.60. The molecule has 0 saturated carbocycles. The van der Waals surface area contributed by atoms with E-state index < -0.39 is 17.7 Å². The molecule has 96 valence electrons. The highest BCUT2D eigenvalue weighted by molar-refractivity contribution is 6.33. The van der Waals surface area contributed by atoms with Crippen molar-refractivity contribution < 1.29 is 22.7 Å². The highest BCUT2D eigenvalue weighted by atomic mass is 35.5. The number of hydrogen-bond acceptors (Lipinski definition) is 4. The Kier molecular flexibility index (Phi) is 2.89. The standard InChI is InChI=1S/C9H5ClF3N3O2/c1-4(17)18-8-15-14-7-6(10)2-5(3-16(7)8)9(11,12)13/h2-3H,1H3. The second-order valence-corrected chi connectivity index (χ2v) is 3.75. The lowest BCUT2D eigenvalue weighted by Crippen LogP contribution is -2.09. The van der Waals surface area contributed by atoms with Crippen molar-refractivity contribution in [3.05, 3.63) is 22.8 Å². The summed E-state index contributed by atoms with van der Waals surface area (Å²) in [5, 5.41) is 6.73. The van der Waals surface area contributed by atoms with Crippen molar-refractivity contribution in [1.29, 1.82) is 0 Å². The van der Waals surface area contributed by atoms with Gasteiger partial charge in [-0.25, -0.2) is 4.40 Å². The third kappa shape index (κ3) is 2.23. The van der Waals surface area contributed by atoms with Gasteiger partial charge in [-0.2, -0.15) is 13.2 Å². The number of esters is 1. The van der Waals surface area contributed by atoms with Crippen LogP contribution in [-0.4, -0.2) is 20.6 Å². The summed E-state index contributed by atoms with van der Waals surface area (Å²) in [4.78, 5) is 10.8. The molecule has 18 heavy (non-hydrogen) atoms. The number of rotatable bonds is 1. The number of pyridine rings is 1. The Balaban J connectivity index is 2.64. The number of alkyl halides is 3. The first-order valence-electron chi connectivity index (χ1n) is 4.59. The van der Waals surface area contributed by atoms with E-state index in [4.69, 9.17) is 11.6 Å². The van der Waals surface area contributed by atoms with Crippen molar-refractivity contribution in [2.45, 2.75) is 13.1 Å². The summed E-state index contributed by atoms with van der Waals surface area (Å²) in [6.07, 6.45) is -3.87. The monoisotopic (exact) mass is 279 g/mol. The van der Waals surface area contributed by atoms with Crippen LogP contribution >= 0.6 is 11.6 Å². The van der Waals surface area contributed by atoms with Crippen LogP contribution in [0.1, 0.15) is 12.5 Å². The molecular weight excluding hydrogens is 275 g/mol. The van der Waals surface area contributed by atoms with Crippen LogP contribution in [0.15, 0.2) is 12.3 Å². The van der Waals surface area contributed by atoms with Crippen molar-refractivity contribution in [3.8, 4) is 6.01 Å². The van der Waals surface area contributed by atoms with E-state index in [0.29, 0.717) is 6.20 Å². The van der Waals surface area contributed by atoms with Crippen LogP contribution in [0.4, 0.5) is 13.2 Å². The van der Waals surface area contributed by atoms with Gasteiger partial charge < -0.3 is 4.74 Å². The lowest BCUT2D eigenvalue weighted by Gasteiger charge is -2.08. The lowest BCUT2D eigenvalue weighted by atomic mass is 10.3. The van der Waals surface area contributed by atoms with Crippen molar-refractivity contribution >= 4 is 23.2 Å². The van der Waals surface area contributed by atoms with Gasteiger partial charge in [-0.3, -0.25) is 4.79 Å². The highest BCUT2D eigenvalue weighted by Crippen LogP contribution is 2.32. The number of carbonyl (C=O) groups is 1. The number of fused-ring (bicyclic) bond motifs is 1. The van der Waals surface area contributed by atoms with Gasteiger partial charge in [-0.15, -0.1) is 5.10 Å². The van der Waals surface area contributed by atoms with Gasteiger partial charge in [0.15, 0.2) is 5.65 Å². The van der Waals surface area contributed by atoms with Crippen molar-refractivity contribution in [3.63, 3.8) is 0 Å². The maximum absolute atomic E-state index is 12.6. The smallest absolute Gasteiger partial charge is 0.391 e.